The van der Waals surface area contributed by atoms with E-state index in [4.69, 9.17) is 0 Å². The first-order valence-corrected chi connectivity index (χ1v) is 8.43. The highest BCUT2D eigenvalue weighted by atomic mass is 32.2. The molecule has 0 saturated carbocycles. The summed E-state index contributed by atoms with van der Waals surface area (Å²) in [5.41, 5.74) is 2.90. The minimum absolute atomic E-state index is 0.119. The van der Waals surface area contributed by atoms with Crippen LogP contribution in [-0.2, 0) is 10.8 Å². The fourth-order valence-corrected chi connectivity index (χ4v) is 3.57. The molecule has 2 aromatic rings. The van der Waals surface area contributed by atoms with Gasteiger partial charge in [0.25, 0.3) is 0 Å². The third kappa shape index (κ3) is 4.36. The van der Waals surface area contributed by atoms with E-state index in [9.17, 15) is 9.00 Å². The molecule has 0 fully saturated rings. The van der Waals surface area contributed by atoms with E-state index in [0.717, 1.165) is 21.6 Å². The lowest BCUT2D eigenvalue weighted by Gasteiger charge is -2.07. The Bertz CT molecular complexity index is 648. The predicted molar refractivity (Wildman–Crippen MR) is 87.2 cm³/mol. The van der Waals surface area contributed by atoms with Gasteiger partial charge in [0.05, 0.1) is 10.8 Å². The first-order chi connectivity index (χ1) is 10.1. The van der Waals surface area contributed by atoms with Gasteiger partial charge in [0.15, 0.2) is 5.78 Å². The van der Waals surface area contributed by atoms with Crippen LogP contribution < -0.4 is 0 Å². The lowest BCUT2D eigenvalue weighted by Crippen LogP contribution is -2.05. The summed E-state index contributed by atoms with van der Waals surface area (Å²) < 4.78 is 12.3. The Hall–Kier alpha value is -1.74. The smallest absolute Gasteiger partial charge is 0.162 e. The molecule has 0 saturated heterocycles. The minimum Gasteiger partial charge on any atom is -0.294 e. The Labute approximate surface area is 128 Å². The average Bonchev–Trinajstić information content (AvgIpc) is 2.50. The van der Waals surface area contributed by atoms with E-state index in [0.29, 0.717) is 18.6 Å². The summed E-state index contributed by atoms with van der Waals surface area (Å²) >= 11 is 0. The van der Waals surface area contributed by atoms with E-state index in [-0.39, 0.29) is 5.78 Å². The van der Waals surface area contributed by atoms with Crippen LogP contribution in [0.15, 0.2) is 53.4 Å². The Morgan fingerprint density at radius 3 is 2.48 bits per heavy atom. The lowest BCUT2D eigenvalue weighted by molar-refractivity contribution is 0.0982. The summed E-state index contributed by atoms with van der Waals surface area (Å²) in [5.74, 6) is 0.650. The number of hydrogen-bond donors (Lipinski definition) is 0. The van der Waals surface area contributed by atoms with Crippen LogP contribution >= 0.6 is 0 Å². The molecule has 21 heavy (non-hydrogen) atoms. The summed E-state index contributed by atoms with van der Waals surface area (Å²) in [4.78, 5) is 12.9. The monoisotopic (exact) mass is 300 g/mol. The van der Waals surface area contributed by atoms with Crippen LogP contribution in [0.2, 0.25) is 0 Å². The van der Waals surface area contributed by atoms with Gasteiger partial charge >= 0.3 is 0 Å². The Balaban J connectivity index is 1.90. The molecule has 0 heterocycles. The van der Waals surface area contributed by atoms with E-state index in [1.54, 1.807) is 0 Å². The van der Waals surface area contributed by atoms with Crippen LogP contribution in [0.3, 0.4) is 0 Å². The van der Waals surface area contributed by atoms with Crippen molar-refractivity contribution in [3.63, 3.8) is 0 Å². The molecule has 1 atom stereocenters. The highest BCUT2D eigenvalue weighted by Gasteiger charge is 2.10. The number of Topliss-reactive ketones (excluding diaryl/α,β-unsaturated/α-hetero) is 1. The van der Waals surface area contributed by atoms with Gasteiger partial charge in [0.1, 0.15) is 0 Å². The molecule has 2 aromatic carbocycles. The summed E-state index contributed by atoms with van der Waals surface area (Å²) in [6.45, 7) is 3.97. The summed E-state index contributed by atoms with van der Waals surface area (Å²) in [6, 6.07) is 15.3. The Kier molecular flexibility index (Phi) is 5.45. The van der Waals surface area contributed by atoms with Gasteiger partial charge in [-0.25, -0.2) is 0 Å². The molecule has 2 nitrogen and oxygen atoms in total. The van der Waals surface area contributed by atoms with Gasteiger partial charge in [0.2, 0.25) is 0 Å². The third-order valence-corrected chi connectivity index (χ3v) is 5.01. The van der Waals surface area contributed by atoms with Crippen molar-refractivity contribution in [3.8, 4) is 0 Å². The van der Waals surface area contributed by atoms with Crippen LogP contribution in [0.25, 0.3) is 0 Å². The average molecular weight is 300 g/mol. The van der Waals surface area contributed by atoms with E-state index in [1.807, 2.05) is 62.4 Å². The van der Waals surface area contributed by atoms with E-state index in [1.165, 1.54) is 0 Å². The van der Waals surface area contributed by atoms with Crippen molar-refractivity contribution in [1.82, 2.24) is 0 Å². The first-order valence-electron chi connectivity index (χ1n) is 7.12. The molecule has 110 valence electrons. The standard InChI is InChI=1S/C18H20O2S/c1-14-10-11-15(2)18(13-14)21(20)12-6-9-17(19)16-7-4-3-5-8-16/h3-5,7-8,10-11,13H,6,9,12H2,1-2H3. The van der Waals surface area contributed by atoms with Crippen LogP contribution in [0.4, 0.5) is 0 Å². The molecule has 0 amide bonds. The fraction of sp³-hybridized carbons (Fsp3) is 0.278. The Morgan fingerprint density at radius 1 is 1.05 bits per heavy atom. The van der Waals surface area contributed by atoms with Crippen LogP contribution in [-0.4, -0.2) is 15.7 Å². The minimum atomic E-state index is -1.03. The zero-order chi connectivity index (χ0) is 15.2. The molecule has 0 radical (unpaired) electrons. The zero-order valence-electron chi connectivity index (χ0n) is 12.5. The molecule has 3 heteroatoms. The van der Waals surface area contributed by atoms with Crippen molar-refractivity contribution in [3.05, 3.63) is 65.2 Å². The second-order valence-electron chi connectivity index (χ2n) is 5.21. The van der Waals surface area contributed by atoms with Crippen molar-refractivity contribution >= 4 is 16.6 Å². The molecule has 0 bridgehead atoms. The van der Waals surface area contributed by atoms with Gasteiger partial charge in [-0.05, 0) is 37.5 Å². The topological polar surface area (TPSA) is 34.1 Å². The van der Waals surface area contributed by atoms with Crippen molar-refractivity contribution in [1.29, 1.82) is 0 Å². The SMILES string of the molecule is Cc1ccc(C)c(S(=O)CCCC(=O)c2ccccc2)c1. The third-order valence-electron chi connectivity index (χ3n) is 3.42. The summed E-state index contributed by atoms with van der Waals surface area (Å²) in [7, 11) is -1.03. The highest BCUT2D eigenvalue weighted by Crippen LogP contribution is 2.16. The van der Waals surface area contributed by atoms with Crippen LogP contribution in [0.5, 0.6) is 0 Å². The summed E-state index contributed by atoms with van der Waals surface area (Å²) in [5, 5.41) is 0. The maximum absolute atomic E-state index is 12.3. The van der Waals surface area contributed by atoms with E-state index >= 15 is 0 Å². The number of aryl methyl sites for hydroxylation is 2. The second kappa shape index (κ2) is 7.32. The van der Waals surface area contributed by atoms with Crippen molar-refractivity contribution in [2.45, 2.75) is 31.6 Å². The number of carbonyl (C=O) groups is 1. The van der Waals surface area contributed by atoms with Crippen LogP contribution in [0.1, 0.15) is 34.3 Å². The quantitative estimate of drug-likeness (QED) is 0.753. The Morgan fingerprint density at radius 2 is 1.76 bits per heavy atom. The van der Waals surface area contributed by atoms with E-state index in [2.05, 4.69) is 0 Å². The predicted octanol–water partition coefficient (Wildman–Crippen LogP) is 4.07. The molecule has 0 aliphatic rings. The first kappa shape index (κ1) is 15.6. The maximum atomic E-state index is 12.3. The zero-order valence-corrected chi connectivity index (χ0v) is 13.3. The van der Waals surface area contributed by atoms with Gasteiger partial charge in [0, 0.05) is 22.6 Å². The number of carbonyl (C=O) groups excluding carboxylic acids is 1. The second-order valence-corrected chi connectivity index (χ2v) is 6.75. The van der Waals surface area contributed by atoms with Crippen molar-refractivity contribution in [2.24, 2.45) is 0 Å². The fourth-order valence-electron chi connectivity index (χ4n) is 2.19. The number of hydrogen-bond acceptors (Lipinski definition) is 2. The largest absolute Gasteiger partial charge is 0.294 e. The van der Waals surface area contributed by atoms with Crippen molar-refractivity contribution in [2.75, 3.05) is 5.75 Å². The highest BCUT2D eigenvalue weighted by molar-refractivity contribution is 7.85. The normalized spacial score (nSPS) is 12.1. The summed E-state index contributed by atoms with van der Waals surface area (Å²) in [6.07, 6.45) is 1.09. The lowest BCUT2D eigenvalue weighted by atomic mass is 10.1. The molecule has 0 aliphatic carbocycles. The molecular formula is C18H20O2S. The van der Waals surface area contributed by atoms with Gasteiger partial charge in [-0.15, -0.1) is 0 Å². The molecule has 2 rings (SSSR count). The van der Waals surface area contributed by atoms with Gasteiger partial charge in [-0.1, -0.05) is 42.5 Å². The van der Waals surface area contributed by atoms with Gasteiger partial charge < -0.3 is 0 Å². The van der Waals surface area contributed by atoms with Gasteiger partial charge in [-0.2, -0.15) is 0 Å². The molecule has 0 aromatic heterocycles. The van der Waals surface area contributed by atoms with Crippen molar-refractivity contribution < 1.29 is 9.00 Å². The molecule has 0 aliphatic heterocycles. The van der Waals surface area contributed by atoms with E-state index < -0.39 is 10.8 Å². The number of rotatable bonds is 6. The molecule has 1 unspecified atom stereocenters. The maximum Gasteiger partial charge on any atom is 0.162 e. The van der Waals surface area contributed by atoms with Gasteiger partial charge in [-0.3, -0.25) is 9.00 Å². The molecule has 0 N–H and O–H groups in total. The van der Waals surface area contributed by atoms with Crippen LogP contribution in [0, 0.1) is 13.8 Å². The molecule has 0 spiro atoms. The number of ketones is 1. The number of benzene rings is 2. The molecular weight excluding hydrogens is 280 g/mol.